The van der Waals surface area contributed by atoms with Crippen molar-refractivity contribution in [3.8, 4) is 0 Å². The predicted octanol–water partition coefficient (Wildman–Crippen LogP) is 2.87. The van der Waals surface area contributed by atoms with Gasteiger partial charge in [-0.1, -0.05) is 30.3 Å². The minimum atomic E-state index is -0.487. The first kappa shape index (κ1) is 21.1. The van der Waals surface area contributed by atoms with Crippen molar-refractivity contribution in [1.29, 1.82) is 0 Å². The lowest BCUT2D eigenvalue weighted by molar-refractivity contribution is -0.130. The number of carbonyl (C=O) groups is 2. The molecule has 1 saturated heterocycles. The molecule has 0 aliphatic carbocycles. The van der Waals surface area contributed by atoms with E-state index in [1.54, 1.807) is 17.8 Å². The number of hydrogen-bond donors (Lipinski definition) is 1. The molecule has 1 aliphatic heterocycles. The second-order valence-electron chi connectivity index (χ2n) is 6.91. The highest BCUT2D eigenvalue weighted by molar-refractivity contribution is 7.98. The Morgan fingerprint density at radius 2 is 1.72 bits per heavy atom. The van der Waals surface area contributed by atoms with Gasteiger partial charge in [0.15, 0.2) is 5.78 Å². The Hall–Kier alpha value is -2.57. The summed E-state index contributed by atoms with van der Waals surface area (Å²) in [5, 5.41) is 8.89. The minimum absolute atomic E-state index is 0.156. The number of thioether (sulfide) groups is 1. The first-order valence-corrected chi connectivity index (χ1v) is 10.9. The number of ketones is 1. The summed E-state index contributed by atoms with van der Waals surface area (Å²) in [6.07, 6.45) is 5.61. The lowest BCUT2D eigenvalue weighted by Crippen LogP contribution is -2.49. The second-order valence-corrected chi connectivity index (χ2v) is 7.79. The highest BCUT2D eigenvalue weighted by atomic mass is 32.2. The zero-order valence-corrected chi connectivity index (χ0v) is 17.4. The van der Waals surface area contributed by atoms with E-state index >= 15 is 0 Å². The highest BCUT2D eigenvalue weighted by Crippen LogP contribution is 2.23. The Labute approximate surface area is 176 Å². The average molecular weight is 411 g/mol. The fourth-order valence-electron chi connectivity index (χ4n) is 3.38. The largest absolute Gasteiger partial charge is 0.388 e. The van der Waals surface area contributed by atoms with Crippen molar-refractivity contribution >= 4 is 35.2 Å². The smallest absolute Gasteiger partial charge is 0.227 e. The second kappa shape index (κ2) is 10.3. The molecular formula is C23H26N2O3S. The van der Waals surface area contributed by atoms with Crippen LogP contribution in [0, 0.1) is 0 Å². The first-order valence-electron chi connectivity index (χ1n) is 9.67. The van der Waals surface area contributed by atoms with Gasteiger partial charge in [-0.3, -0.25) is 9.59 Å². The summed E-state index contributed by atoms with van der Waals surface area (Å²) >= 11 is 1.69. The van der Waals surface area contributed by atoms with E-state index < -0.39 is 6.61 Å². The fraction of sp³-hybridized carbons (Fsp3) is 0.304. The average Bonchev–Trinajstić information content (AvgIpc) is 2.78. The summed E-state index contributed by atoms with van der Waals surface area (Å²) in [7, 11) is 0. The number of aliphatic hydroxyl groups is 1. The third kappa shape index (κ3) is 5.71. The molecule has 0 spiro atoms. The number of benzene rings is 2. The van der Waals surface area contributed by atoms with E-state index in [-0.39, 0.29) is 11.7 Å². The summed E-state index contributed by atoms with van der Waals surface area (Å²) < 4.78 is 0. The van der Waals surface area contributed by atoms with Gasteiger partial charge in [-0.2, -0.15) is 0 Å². The summed E-state index contributed by atoms with van der Waals surface area (Å²) in [6, 6.07) is 16.0. The van der Waals surface area contributed by atoms with E-state index in [0.29, 0.717) is 19.5 Å². The molecule has 6 heteroatoms. The quantitative estimate of drug-likeness (QED) is 0.562. The lowest BCUT2D eigenvalue weighted by atomic mass is 10.1. The monoisotopic (exact) mass is 410 g/mol. The Morgan fingerprint density at radius 1 is 1.03 bits per heavy atom. The molecular weight excluding hydrogens is 384 g/mol. The van der Waals surface area contributed by atoms with Gasteiger partial charge in [0.25, 0.3) is 0 Å². The van der Waals surface area contributed by atoms with Crippen molar-refractivity contribution in [2.45, 2.75) is 11.3 Å². The molecule has 0 bridgehead atoms. The number of amides is 1. The molecule has 3 rings (SSSR count). The van der Waals surface area contributed by atoms with Crippen molar-refractivity contribution in [2.75, 3.05) is 43.9 Å². The van der Waals surface area contributed by atoms with Crippen LogP contribution in [0.3, 0.4) is 0 Å². The zero-order valence-electron chi connectivity index (χ0n) is 16.6. The number of hydrogen-bond acceptors (Lipinski definition) is 5. The van der Waals surface area contributed by atoms with Crippen LogP contribution in [0.4, 0.5) is 5.69 Å². The SMILES string of the molecule is CSc1ccc(CC(=O)N2CCN(c3ccccc3/C=C/C(=O)CO)CC2)cc1. The molecule has 1 amide bonds. The number of rotatable bonds is 7. The van der Waals surface area contributed by atoms with Crippen LogP contribution < -0.4 is 4.90 Å². The van der Waals surface area contributed by atoms with Crippen LogP contribution >= 0.6 is 11.8 Å². The molecule has 2 aromatic carbocycles. The maximum Gasteiger partial charge on any atom is 0.227 e. The number of nitrogens with zero attached hydrogens (tertiary/aromatic N) is 2. The molecule has 1 heterocycles. The molecule has 0 saturated carbocycles. The summed E-state index contributed by atoms with van der Waals surface area (Å²) in [6.45, 7) is 2.36. The van der Waals surface area contributed by atoms with Crippen molar-refractivity contribution in [3.63, 3.8) is 0 Å². The van der Waals surface area contributed by atoms with Crippen molar-refractivity contribution < 1.29 is 14.7 Å². The summed E-state index contributed by atoms with van der Waals surface area (Å²) in [4.78, 5) is 29.4. The van der Waals surface area contributed by atoms with E-state index in [4.69, 9.17) is 5.11 Å². The van der Waals surface area contributed by atoms with Gasteiger partial charge in [-0.05, 0) is 47.7 Å². The number of anilines is 1. The molecule has 0 unspecified atom stereocenters. The number of carbonyl (C=O) groups excluding carboxylic acids is 2. The standard InChI is InChI=1S/C23H26N2O3S/c1-29-21-10-6-18(7-11-21)16-23(28)25-14-12-24(13-15-25)22-5-3-2-4-19(22)8-9-20(27)17-26/h2-11,26H,12-17H2,1H3/b9-8+. The third-order valence-corrected chi connectivity index (χ3v) is 5.77. The number of piperazine rings is 1. The van der Waals surface area contributed by atoms with Crippen molar-refractivity contribution in [3.05, 3.63) is 65.7 Å². The first-order chi connectivity index (χ1) is 14.1. The van der Waals surface area contributed by atoms with Crippen LogP contribution in [0.2, 0.25) is 0 Å². The van der Waals surface area contributed by atoms with Crippen molar-refractivity contribution in [1.82, 2.24) is 4.90 Å². The van der Waals surface area contributed by atoms with E-state index in [1.165, 1.54) is 11.0 Å². The van der Waals surface area contributed by atoms with Gasteiger partial charge in [0.2, 0.25) is 5.91 Å². The Morgan fingerprint density at radius 3 is 2.38 bits per heavy atom. The van der Waals surface area contributed by atoms with E-state index in [9.17, 15) is 9.59 Å². The molecule has 152 valence electrons. The maximum absolute atomic E-state index is 12.7. The van der Waals surface area contributed by atoms with Crippen molar-refractivity contribution in [2.24, 2.45) is 0 Å². The Balaban J connectivity index is 1.59. The fourth-order valence-corrected chi connectivity index (χ4v) is 3.79. The van der Waals surface area contributed by atoms with Gasteiger partial charge in [0, 0.05) is 36.8 Å². The van der Waals surface area contributed by atoms with Gasteiger partial charge < -0.3 is 14.9 Å². The maximum atomic E-state index is 12.7. The molecule has 29 heavy (non-hydrogen) atoms. The van der Waals surface area contributed by atoms with Gasteiger partial charge in [0.1, 0.15) is 6.61 Å². The molecule has 2 aromatic rings. The molecule has 5 nitrogen and oxygen atoms in total. The molecule has 0 atom stereocenters. The van der Waals surface area contributed by atoms with E-state index in [2.05, 4.69) is 17.0 Å². The molecule has 1 fully saturated rings. The van der Waals surface area contributed by atoms with Gasteiger partial charge >= 0.3 is 0 Å². The molecule has 0 aromatic heterocycles. The van der Waals surface area contributed by atoms with Gasteiger partial charge in [0.05, 0.1) is 6.42 Å². The molecule has 0 radical (unpaired) electrons. The van der Waals surface area contributed by atoms with Gasteiger partial charge in [-0.15, -0.1) is 11.8 Å². The molecule has 1 N–H and O–H groups in total. The van der Waals surface area contributed by atoms with Gasteiger partial charge in [-0.25, -0.2) is 0 Å². The summed E-state index contributed by atoms with van der Waals surface area (Å²) in [5.41, 5.74) is 3.01. The Kier molecular flexibility index (Phi) is 7.49. The Bertz CT molecular complexity index is 872. The lowest BCUT2D eigenvalue weighted by Gasteiger charge is -2.37. The minimum Gasteiger partial charge on any atom is -0.388 e. The molecule has 1 aliphatic rings. The number of aliphatic hydroxyl groups excluding tert-OH is 1. The van der Waals surface area contributed by atoms with Crippen LogP contribution in [0.5, 0.6) is 0 Å². The number of para-hydroxylation sites is 1. The summed E-state index contributed by atoms with van der Waals surface area (Å²) in [5.74, 6) is -0.163. The van der Waals surface area contributed by atoms with Crippen LogP contribution in [0.1, 0.15) is 11.1 Å². The van der Waals surface area contributed by atoms with Crippen LogP contribution in [0.25, 0.3) is 6.08 Å². The highest BCUT2D eigenvalue weighted by Gasteiger charge is 2.22. The normalized spacial score (nSPS) is 14.4. The third-order valence-electron chi connectivity index (χ3n) is 5.03. The predicted molar refractivity (Wildman–Crippen MR) is 118 cm³/mol. The van der Waals surface area contributed by atoms with Crippen LogP contribution in [-0.2, 0) is 16.0 Å². The zero-order chi connectivity index (χ0) is 20.6. The van der Waals surface area contributed by atoms with Crippen LogP contribution in [-0.4, -0.2) is 60.7 Å². The van der Waals surface area contributed by atoms with E-state index in [1.807, 2.05) is 47.6 Å². The van der Waals surface area contributed by atoms with Crippen LogP contribution in [0.15, 0.2) is 59.5 Å². The topological polar surface area (TPSA) is 60.9 Å². The van der Waals surface area contributed by atoms with E-state index in [0.717, 1.165) is 29.9 Å².